The van der Waals surface area contributed by atoms with Crippen LogP contribution in [0.25, 0.3) is 0 Å². The second-order valence-electron chi connectivity index (χ2n) is 7.49. The maximum absolute atomic E-state index is 6.47. The van der Waals surface area contributed by atoms with Gasteiger partial charge in [-0.1, -0.05) is 32.4 Å². The minimum absolute atomic E-state index is 0.0523. The Hall–Kier alpha value is -0.340. The molecule has 100 valence electrons. The number of ether oxygens (including phenoxy) is 2. The first kappa shape index (κ1) is 11.5. The van der Waals surface area contributed by atoms with E-state index in [0.29, 0.717) is 18.1 Å². The van der Waals surface area contributed by atoms with E-state index in [1.54, 1.807) is 0 Å². The molecule has 2 heteroatoms. The van der Waals surface area contributed by atoms with Crippen molar-refractivity contribution in [3.05, 3.63) is 11.6 Å². The van der Waals surface area contributed by atoms with E-state index in [0.717, 1.165) is 6.61 Å². The first-order valence-electron chi connectivity index (χ1n) is 7.41. The van der Waals surface area contributed by atoms with Crippen LogP contribution >= 0.6 is 0 Å². The van der Waals surface area contributed by atoms with Gasteiger partial charge in [0.05, 0.1) is 18.8 Å². The Balaban J connectivity index is 1.88. The van der Waals surface area contributed by atoms with Gasteiger partial charge in [0, 0.05) is 10.8 Å². The van der Waals surface area contributed by atoms with Crippen LogP contribution in [0.15, 0.2) is 11.6 Å². The van der Waals surface area contributed by atoms with E-state index in [2.05, 4.69) is 33.8 Å². The number of fused-ring (bicyclic) bond motifs is 2. The zero-order chi connectivity index (χ0) is 12.8. The zero-order valence-electron chi connectivity index (χ0n) is 12.0. The third-order valence-corrected chi connectivity index (χ3v) is 7.01. The van der Waals surface area contributed by atoms with Gasteiger partial charge < -0.3 is 9.47 Å². The predicted molar refractivity (Wildman–Crippen MR) is 70.3 cm³/mol. The van der Waals surface area contributed by atoms with Gasteiger partial charge in [0.1, 0.15) is 5.60 Å². The normalized spacial score (nSPS) is 61.6. The summed E-state index contributed by atoms with van der Waals surface area (Å²) in [5.41, 5.74) is 2.08. The average molecular weight is 248 g/mol. The number of hydrogen-bond donors (Lipinski definition) is 0. The second kappa shape index (κ2) is 3.04. The van der Waals surface area contributed by atoms with E-state index in [1.807, 2.05) is 0 Å². The summed E-state index contributed by atoms with van der Waals surface area (Å²) in [5.74, 6) is 0.701. The van der Waals surface area contributed by atoms with Crippen LogP contribution in [0, 0.1) is 16.7 Å². The lowest BCUT2D eigenvalue weighted by molar-refractivity contribution is -0.196. The molecule has 2 saturated heterocycles. The van der Waals surface area contributed by atoms with Gasteiger partial charge in [-0.25, -0.2) is 0 Å². The Kier molecular flexibility index (Phi) is 1.94. The largest absolute Gasteiger partial charge is 0.367 e. The number of epoxide rings is 1. The van der Waals surface area contributed by atoms with E-state index in [-0.39, 0.29) is 16.4 Å². The molecule has 2 aliphatic carbocycles. The summed E-state index contributed by atoms with van der Waals surface area (Å²) in [4.78, 5) is 0. The lowest BCUT2D eigenvalue weighted by Crippen LogP contribution is -2.62. The summed E-state index contributed by atoms with van der Waals surface area (Å²) in [6, 6.07) is 0. The van der Waals surface area contributed by atoms with E-state index >= 15 is 0 Å². The molecule has 0 amide bonds. The maximum Gasteiger partial charge on any atom is 0.124 e. The second-order valence-corrected chi connectivity index (χ2v) is 7.49. The average Bonchev–Trinajstić information content (AvgIpc) is 3.08. The molecule has 2 bridgehead atoms. The molecule has 0 aromatic heterocycles. The Morgan fingerprint density at radius 1 is 1.33 bits per heavy atom. The van der Waals surface area contributed by atoms with Crippen LogP contribution in [0.4, 0.5) is 0 Å². The van der Waals surface area contributed by atoms with Crippen molar-refractivity contribution in [1.82, 2.24) is 0 Å². The van der Waals surface area contributed by atoms with Gasteiger partial charge in [-0.2, -0.15) is 0 Å². The summed E-state index contributed by atoms with van der Waals surface area (Å²) in [7, 11) is 0. The highest BCUT2D eigenvalue weighted by molar-refractivity contribution is 5.30. The van der Waals surface area contributed by atoms with Gasteiger partial charge in [0.25, 0.3) is 0 Å². The molecule has 18 heavy (non-hydrogen) atoms. The fraction of sp³-hybridized carbons (Fsp3) is 0.875. The van der Waals surface area contributed by atoms with Gasteiger partial charge in [0.2, 0.25) is 0 Å². The highest BCUT2D eigenvalue weighted by Gasteiger charge is 2.79. The van der Waals surface area contributed by atoms with Crippen LogP contribution in [0.3, 0.4) is 0 Å². The fourth-order valence-corrected chi connectivity index (χ4v) is 5.32. The van der Waals surface area contributed by atoms with Gasteiger partial charge in [-0.05, 0) is 32.1 Å². The monoisotopic (exact) mass is 248 g/mol. The van der Waals surface area contributed by atoms with Crippen molar-refractivity contribution < 1.29 is 9.47 Å². The highest BCUT2D eigenvalue weighted by Crippen LogP contribution is 2.73. The molecule has 1 saturated carbocycles. The zero-order valence-corrected chi connectivity index (χ0v) is 12.0. The molecule has 1 spiro atoms. The number of rotatable bonds is 0. The molecular weight excluding hydrogens is 224 g/mol. The summed E-state index contributed by atoms with van der Waals surface area (Å²) < 4.78 is 12.5. The fourth-order valence-electron chi connectivity index (χ4n) is 5.32. The Morgan fingerprint density at radius 3 is 2.72 bits per heavy atom. The lowest BCUT2D eigenvalue weighted by atomic mass is 9.50. The van der Waals surface area contributed by atoms with Crippen LogP contribution < -0.4 is 0 Å². The van der Waals surface area contributed by atoms with E-state index < -0.39 is 0 Å². The number of hydrogen-bond acceptors (Lipinski definition) is 2. The van der Waals surface area contributed by atoms with Crippen LogP contribution in [-0.2, 0) is 9.47 Å². The van der Waals surface area contributed by atoms with Crippen molar-refractivity contribution in [3.8, 4) is 0 Å². The van der Waals surface area contributed by atoms with Crippen molar-refractivity contribution in [3.63, 3.8) is 0 Å². The van der Waals surface area contributed by atoms with Crippen LogP contribution in [0.5, 0.6) is 0 Å². The van der Waals surface area contributed by atoms with Crippen molar-refractivity contribution >= 4 is 0 Å². The molecule has 0 aromatic carbocycles. The van der Waals surface area contributed by atoms with Gasteiger partial charge in [-0.15, -0.1) is 0 Å². The highest BCUT2D eigenvalue weighted by atomic mass is 16.6. The smallest absolute Gasteiger partial charge is 0.124 e. The van der Waals surface area contributed by atoms with Crippen molar-refractivity contribution in [1.29, 1.82) is 0 Å². The molecule has 2 nitrogen and oxygen atoms in total. The summed E-state index contributed by atoms with van der Waals surface area (Å²) in [5, 5.41) is 0. The molecule has 0 N–H and O–H groups in total. The SMILES string of the molecule is CC1=C[C@H]2O[C@@H]3C[C@@H](C)[C@](C)([C@@]2(C)CC1)[C@]31CO1. The van der Waals surface area contributed by atoms with Gasteiger partial charge >= 0.3 is 0 Å². The predicted octanol–water partition coefficient (Wildman–Crippen LogP) is 3.32. The molecule has 4 aliphatic rings. The first-order chi connectivity index (χ1) is 8.44. The molecule has 4 rings (SSSR count). The van der Waals surface area contributed by atoms with E-state index in [1.165, 1.54) is 24.8 Å². The summed E-state index contributed by atoms with van der Waals surface area (Å²) in [6.07, 6.45) is 6.68. The minimum atomic E-state index is 0.0523. The number of allylic oxidation sites excluding steroid dienone is 1. The van der Waals surface area contributed by atoms with E-state index in [9.17, 15) is 0 Å². The Labute approximate surface area is 110 Å². The standard InChI is InChI=1S/C16H24O2/c1-10-5-6-14(3)12(7-10)18-13-8-11(2)15(14,4)16(13)9-17-16/h7,11-13H,5-6,8-9H2,1-4H3/t11-,12-,13-,14+,15-,16+/m1/s1. The van der Waals surface area contributed by atoms with Crippen molar-refractivity contribution in [2.24, 2.45) is 16.7 Å². The first-order valence-corrected chi connectivity index (χ1v) is 7.41. The van der Waals surface area contributed by atoms with Crippen molar-refractivity contribution in [2.45, 2.75) is 64.8 Å². The molecule has 2 aliphatic heterocycles. The molecule has 0 aromatic rings. The molecule has 0 unspecified atom stereocenters. The Morgan fingerprint density at radius 2 is 2.06 bits per heavy atom. The van der Waals surface area contributed by atoms with Crippen molar-refractivity contribution in [2.75, 3.05) is 6.61 Å². The van der Waals surface area contributed by atoms with Crippen LogP contribution in [0.1, 0.15) is 47.0 Å². The topological polar surface area (TPSA) is 21.8 Å². The molecule has 0 radical (unpaired) electrons. The maximum atomic E-state index is 6.47. The third-order valence-electron chi connectivity index (χ3n) is 7.01. The summed E-state index contributed by atoms with van der Waals surface area (Å²) in [6.45, 7) is 10.5. The van der Waals surface area contributed by atoms with Gasteiger partial charge in [-0.3, -0.25) is 0 Å². The Bertz CT molecular complexity index is 436. The molecule has 6 atom stereocenters. The molecule has 2 heterocycles. The van der Waals surface area contributed by atoms with Gasteiger partial charge in [0.15, 0.2) is 0 Å². The minimum Gasteiger partial charge on any atom is -0.367 e. The lowest BCUT2D eigenvalue weighted by Gasteiger charge is -2.58. The quantitative estimate of drug-likeness (QED) is 0.484. The third kappa shape index (κ3) is 0.978. The summed E-state index contributed by atoms with van der Waals surface area (Å²) >= 11 is 0. The van der Waals surface area contributed by atoms with E-state index in [4.69, 9.17) is 9.47 Å². The van der Waals surface area contributed by atoms with Crippen LogP contribution in [-0.4, -0.2) is 24.4 Å². The molecule has 3 fully saturated rings. The molecular formula is C16H24O2. The van der Waals surface area contributed by atoms with Crippen LogP contribution in [0.2, 0.25) is 0 Å².